The molecule has 1 heterocycles. The monoisotopic (exact) mass is 471 g/mol. The second kappa shape index (κ2) is 10.2. The number of carbonyl (C=O) groups excluding carboxylic acids is 1. The van der Waals surface area contributed by atoms with Crippen molar-refractivity contribution in [2.45, 2.75) is 45.9 Å². The molecule has 3 aromatic carbocycles. The van der Waals surface area contributed by atoms with Crippen LogP contribution in [0, 0.1) is 5.82 Å². The van der Waals surface area contributed by atoms with Crippen LogP contribution in [-0.2, 0) is 16.1 Å². The molecule has 1 N–H and O–H groups in total. The Bertz CT molecular complexity index is 1290. The van der Waals surface area contributed by atoms with Gasteiger partial charge in [0.1, 0.15) is 17.5 Å². The number of rotatable bonds is 7. The summed E-state index contributed by atoms with van der Waals surface area (Å²) in [6.07, 6.45) is 1.71. The van der Waals surface area contributed by atoms with E-state index in [0.29, 0.717) is 17.8 Å². The highest BCUT2D eigenvalue weighted by atomic mass is 19.1. The highest BCUT2D eigenvalue weighted by Gasteiger charge is 2.23. The second-order valence-corrected chi connectivity index (χ2v) is 9.46. The van der Waals surface area contributed by atoms with Gasteiger partial charge >= 0.3 is 5.97 Å². The molecular weight excluding hydrogens is 441 g/mol. The number of hydrogen-bond donors (Lipinski definition) is 1. The number of aromatic nitrogens is 2. The fourth-order valence-corrected chi connectivity index (χ4v) is 3.81. The maximum Gasteiger partial charge on any atom is 0.323 e. The molecule has 6 heteroatoms. The summed E-state index contributed by atoms with van der Waals surface area (Å²) in [6, 6.07) is 24.2. The van der Waals surface area contributed by atoms with Crippen LogP contribution in [0.1, 0.15) is 33.3 Å². The number of nitrogens with one attached hydrogen (secondary N) is 1. The topological polar surface area (TPSA) is 56.2 Å². The summed E-state index contributed by atoms with van der Waals surface area (Å²) < 4.78 is 22.1. The molecule has 0 radical (unpaired) electrons. The molecule has 5 nitrogen and oxygen atoms in total. The fourth-order valence-electron chi connectivity index (χ4n) is 3.81. The normalized spacial score (nSPS) is 12.4. The van der Waals surface area contributed by atoms with Gasteiger partial charge in [-0.15, -0.1) is 0 Å². The molecule has 1 aromatic heterocycles. The van der Waals surface area contributed by atoms with Gasteiger partial charge in [0.05, 0.1) is 17.6 Å². The van der Waals surface area contributed by atoms with Crippen LogP contribution in [0.3, 0.4) is 0 Å². The molecule has 1 unspecified atom stereocenters. The minimum absolute atomic E-state index is 0.326. The Hall–Kier alpha value is -3.77. The molecule has 0 saturated heterocycles. The molecule has 0 spiro atoms. The number of nitrogens with zero attached hydrogens (tertiary/aromatic N) is 2. The summed E-state index contributed by atoms with van der Waals surface area (Å²) in [5.74, 6) is -0.676. The minimum Gasteiger partial charge on any atom is -0.459 e. The summed E-state index contributed by atoms with van der Waals surface area (Å²) in [4.78, 5) is 12.4. The molecule has 0 bridgehead atoms. The largest absolute Gasteiger partial charge is 0.459 e. The molecule has 4 rings (SSSR count). The summed E-state index contributed by atoms with van der Waals surface area (Å²) in [6.45, 7) is 7.58. The Balaban J connectivity index is 1.65. The number of benzene rings is 3. The molecule has 0 fully saturated rings. The van der Waals surface area contributed by atoms with Gasteiger partial charge in [0.25, 0.3) is 0 Å². The number of hydrogen-bond acceptors (Lipinski definition) is 4. The van der Waals surface area contributed by atoms with Gasteiger partial charge in [-0.2, -0.15) is 5.10 Å². The van der Waals surface area contributed by atoms with E-state index in [4.69, 9.17) is 4.74 Å². The molecule has 0 amide bonds. The Morgan fingerprint density at radius 3 is 2.26 bits per heavy atom. The predicted molar refractivity (Wildman–Crippen MR) is 137 cm³/mol. The third-order valence-electron chi connectivity index (χ3n) is 5.55. The number of esters is 1. The van der Waals surface area contributed by atoms with Gasteiger partial charge in [0, 0.05) is 17.7 Å². The molecule has 0 aliphatic carbocycles. The van der Waals surface area contributed by atoms with Crippen molar-refractivity contribution in [3.63, 3.8) is 0 Å². The summed E-state index contributed by atoms with van der Waals surface area (Å²) in [5.41, 5.74) is 4.31. The molecule has 0 aliphatic heterocycles. The van der Waals surface area contributed by atoms with Gasteiger partial charge in [0.2, 0.25) is 0 Å². The SMILES string of the molecule is CC(NCc1cnn(-c2ccc(-c3ccccc3)cc2)c1-c1ccccc1F)C(=O)OC(C)(C)C. The molecule has 1 atom stereocenters. The Kier molecular flexibility index (Phi) is 7.12. The van der Waals surface area contributed by atoms with Crippen LogP contribution in [0.4, 0.5) is 4.39 Å². The Labute approximate surface area is 205 Å². The predicted octanol–water partition coefficient (Wildman–Crippen LogP) is 6.17. The Morgan fingerprint density at radius 1 is 0.971 bits per heavy atom. The molecule has 0 saturated carbocycles. The Morgan fingerprint density at radius 2 is 1.60 bits per heavy atom. The third-order valence-corrected chi connectivity index (χ3v) is 5.55. The lowest BCUT2D eigenvalue weighted by molar-refractivity contribution is -0.157. The van der Waals surface area contributed by atoms with Crippen molar-refractivity contribution in [2.75, 3.05) is 0 Å². The zero-order valence-corrected chi connectivity index (χ0v) is 20.5. The van der Waals surface area contributed by atoms with Crippen molar-refractivity contribution >= 4 is 5.97 Å². The van der Waals surface area contributed by atoms with Crippen molar-refractivity contribution in [1.29, 1.82) is 0 Å². The lowest BCUT2D eigenvalue weighted by atomic mass is 10.0. The van der Waals surface area contributed by atoms with Gasteiger partial charge in [-0.05, 0) is 63.1 Å². The highest BCUT2D eigenvalue weighted by molar-refractivity contribution is 5.76. The van der Waals surface area contributed by atoms with Gasteiger partial charge in [-0.3, -0.25) is 4.79 Å². The maximum atomic E-state index is 14.9. The van der Waals surface area contributed by atoms with Gasteiger partial charge < -0.3 is 10.1 Å². The zero-order chi connectivity index (χ0) is 25.0. The lowest BCUT2D eigenvalue weighted by Crippen LogP contribution is -2.38. The first-order valence-corrected chi connectivity index (χ1v) is 11.7. The number of halogens is 1. The minimum atomic E-state index is -0.567. The zero-order valence-electron chi connectivity index (χ0n) is 20.5. The van der Waals surface area contributed by atoms with Crippen molar-refractivity contribution in [1.82, 2.24) is 15.1 Å². The van der Waals surface area contributed by atoms with E-state index in [0.717, 1.165) is 22.4 Å². The standard InChI is InChI=1S/C29H30FN3O2/c1-20(28(34)35-29(2,3)4)31-18-23-19-32-33(27(23)25-12-8-9-13-26(25)30)24-16-14-22(15-17-24)21-10-6-5-7-11-21/h5-17,19-20,31H,18H2,1-4H3. The molecule has 0 aliphatic rings. The summed E-state index contributed by atoms with van der Waals surface area (Å²) in [5, 5.41) is 7.78. The van der Waals surface area contributed by atoms with Gasteiger partial charge in [-0.25, -0.2) is 9.07 Å². The van der Waals surface area contributed by atoms with Crippen molar-refractivity contribution in [3.05, 3.63) is 96.4 Å². The van der Waals surface area contributed by atoms with Gasteiger partial charge in [0.15, 0.2) is 0 Å². The van der Waals surface area contributed by atoms with E-state index in [2.05, 4.69) is 22.5 Å². The van der Waals surface area contributed by atoms with Crippen LogP contribution < -0.4 is 5.32 Å². The van der Waals surface area contributed by atoms with Crippen molar-refractivity contribution < 1.29 is 13.9 Å². The third kappa shape index (κ3) is 5.84. The van der Waals surface area contributed by atoms with E-state index < -0.39 is 11.6 Å². The average Bonchev–Trinajstić information content (AvgIpc) is 3.26. The number of carbonyl (C=O) groups is 1. The first kappa shape index (κ1) is 24.4. The lowest BCUT2D eigenvalue weighted by Gasteiger charge is -2.22. The average molecular weight is 472 g/mol. The van der Waals surface area contributed by atoms with Crippen LogP contribution in [0.5, 0.6) is 0 Å². The highest BCUT2D eigenvalue weighted by Crippen LogP contribution is 2.30. The smallest absolute Gasteiger partial charge is 0.323 e. The molecule has 4 aromatic rings. The first-order valence-electron chi connectivity index (χ1n) is 11.7. The molecule has 35 heavy (non-hydrogen) atoms. The fraction of sp³-hybridized carbons (Fsp3) is 0.241. The van der Waals surface area contributed by atoms with E-state index in [1.807, 2.05) is 63.2 Å². The van der Waals surface area contributed by atoms with Crippen LogP contribution >= 0.6 is 0 Å². The number of ether oxygens (including phenoxy) is 1. The van der Waals surface area contributed by atoms with E-state index in [-0.39, 0.29) is 11.8 Å². The molecule has 180 valence electrons. The van der Waals surface area contributed by atoms with E-state index in [1.165, 1.54) is 6.07 Å². The quantitative estimate of drug-likeness (QED) is 0.328. The van der Waals surface area contributed by atoms with E-state index >= 15 is 0 Å². The summed E-state index contributed by atoms with van der Waals surface area (Å²) >= 11 is 0. The van der Waals surface area contributed by atoms with E-state index in [9.17, 15) is 9.18 Å². The summed E-state index contributed by atoms with van der Waals surface area (Å²) in [7, 11) is 0. The van der Waals surface area contributed by atoms with Crippen LogP contribution in [0.2, 0.25) is 0 Å². The maximum absolute atomic E-state index is 14.9. The van der Waals surface area contributed by atoms with Crippen LogP contribution in [-0.4, -0.2) is 27.4 Å². The van der Waals surface area contributed by atoms with Crippen LogP contribution in [0.15, 0.2) is 85.1 Å². The van der Waals surface area contributed by atoms with Crippen LogP contribution in [0.25, 0.3) is 28.1 Å². The second-order valence-electron chi connectivity index (χ2n) is 9.46. The van der Waals surface area contributed by atoms with Gasteiger partial charge in [-0.1, -0.05) is 54.6 Å². The molecular formula is C29H30FN3O2. The first-order chi connectivity index (χ1) is 16.7. The van der Waals surface area contributed by atoms with E-state index in [1.54, 1.807) is 36.0 Å². The van der Waals surface area contributed by atoms with Crippen molar-refractivity contribution in [2.24, 2.45) is 0 Å². The van der Waals surface area contributed by atoms with Crippen molar-refractivity contribution in [3.8, 4) is 28.1 Å².